The maximum atomic E-state index is 12.6. The van der Waals surface area contributed by atoms with Crippen LogP contribution in [0, 0.1) is 6.92 Å². The highest BCUT2D eigenvalue weighted by Crippen LogP contribution is 2.20. The molecule has 0 aromatic carbocycles. The number of nitrogens with one attached hydrogen (secondary N) is 1. The minimum absolute atomic E-state index is 0.0943. The second kappa shape index (κ2) is 8.47. The Bertz CT molecular complexity index is 697. The van der Waals surface area contributed by atoms with Gasteiger partial charge >= 0.3 is 6.09 Å². The first-order valence-electron chi connectivity index (χ1n) is 9.00. The highest BCUT2D eigenvalue weighted by Gasteiger charge is 2.39. The summed E-state index contributed by atoms with van der Waals surface area (Å²) in [5.41, 5.74) is 0.141. The fraction of sp³-hybridized carbons (Fsp3) is 0.579. The normalized spacial score (nSPS) is 21.6. The number of β-amino-alcohol motifs (C(OH)–C–C–N with tert-alkyl or cyclic N) is 1. The van der Waals surface area contributed by atoms with Crippen molar-refractivity contribution in [1.29, 1.82) is 0 Å². The van der Waals surface area contributed by atoms with E-state index < -0.39 is 23.8 Å². The Kier molecular flexibility index (Phi) is 6.54. The molecule has 1 unspecified atom stereocenters. The van der Waals surface area contributed by atoms with Gasteiger partial charge in [0.2, 0.25) is 5.91 Å². The minimum Gasteiger partial charge on any atom is -0.444 e. The number of carbonyl (C=O) groups excluding carboxylic acids is 2. The van der Waals surface area contributed by atoms with Gasteiger partial charge in [0.15, 0.2) is 0 Å². The van der Waals surface area contributed by atoms with E-state index in [2.05, 4.69) is 15.3 Å². The molecule has 1 aromatic rings. The van der Waals surface area contributed by atoms with Crippen molar-refractivity contribution >= 4 is 18.1 Å². The number of ether oxygens (including phenoxy) is 1. The molecule has 1 fully saturated rings. The van der Waals surface area contributed by atoms with E-state index in [4.69, 9.17) is 4.74 Å². The number of amides is 2. The lowest BCUT2D eigenvalue weighted by atomic mass is 10.2. The quantitative estimate of drug-likeness (QED) is 0.810. The summed E-state index contributed by atoms with van der Waals surface area (Å²) in [5.74, 6) is 0.451. The highest BCUT2D eigenvalue weighted by molar-refractivity contribution is 5.88. The van der Waals surface area contributed by atoms with E-state index in [0.717, 1.165) is 5.56 Å². The molecular weight excluding hydrogens is 348 g/mol. The molecule has 2 amide bonds. The first kappa shape index (κ1) is 20.8. The van der Waals surface area contributed by atoms with Gasteiger partial charge in [-0.15, -0.1) is 0 Å². The molecule has 1 saturated heterocycles. The van der Waals surface area contributed by atoms with Crippen molar-refractivity contribution in [2.24, 2.45) is 0 Å². The van der Waals surface area contributed by atoms with Gasteiger partial charge in [-0.2, -0.15) is 0 Å². The third-order valence-corrected chi connectivity index (χ3v) is 4.08. The monoisotopic (exact) mass is 376 g/mol. The van der Waals surface area contributed by atoms with Gasteiger partial charge in [0.05, 0.1) is 12.6 Å². The molecule has 1 aromatic heterocycles. The molecule has 0 radical (unpaired) electrons. The van der Waals surface area contributed by atoms with Gasteiger partial charge in [-0.25, -0.2) is 14.8 Å². The van der Waals surface area contributed by atoms with Gasteiger partial charge in [0.25, 0.3) is 0 Å². The van der Waals surface area contributed by atoms with Crippen molar-refractivity contribution in [3.05, 3.63) is 29.9 Å². The van der Waals surface area contributed by atoms with Crippen molar-refractivity contribution in [2.45, 2.75) is 64.8 Å². The maximum Gasteiger partial charge on any atom is 0.408 e. The summed E-state index contributed by atoms with van der Waals surface area (Å²) in [6.07, 6.45) is 5.66. The van der Waals surface area contributed by atoms with Crippen LogP contribution in [-0.4, -0.2) is 62.3 Å². The van der Waals surface area contributed by atoms with Crippen LogP contribution in [-0.2, 0) is 9.53 Å². The first-order valence-corrected chi connectivity index (χ1v) is 9.00. The van der Waals surface area contributed by atoms with Crippen LogP contribution in [0.4, 0.5) is 4.79 Å². The molecule has 3 atom stereocenters. The van der Waals surface area contributed by atoms with Gasteiger partial charge in [0, 0.05) is 24.0 Å². The molecule has 2 N–H and O–H groups in total. The zero-order valence-corrected chi connectivity index (χ0v) is 16.5. The number of alkyl carbamates (subject to hydrolysis) is 1. The Labute approximate surface area is 159 Å². The van der Waals surface area contributed by atoms with Crippen molar-refractivity contribution in [1.82, 2.24) is 20.2 Å². The number of nitrogens with zero attached hydrogens (tertiary/aromatic N) is 3. The van der Waals surface area contributed by atoms with Crippen LogP contribution in [0.2, 0.25) is 0 Å². The van der Waals surface area contributed by atoms with Gasteiger partial charge < -0.3 is 20.1 Å². The summed E-state index contributed by atoms with van der Waals surface area (Å²) in [6, 6.07) is -0.736. The summed E-state index contributed by atoms with van der Waals surface area (Å²) in [7, 11) is 0. The lowest BCUT2D eigenvalue weighted by Gasteiger charge is -2.23. The average Bonchev–Trinajstić information content (AvgIpc) is 2.80. The van der Waals surface area contributed by atoms with E-state index >= 15 is 0 Å². The van der Waals surface area contributed by atoms with Gasteiger partial charge in [0.1, 0.15) is 17.5 Å². The van der Waals surface area contributed by atoms with Crippen molar-refractivity contribution in [3.8, 4) is 0 Å². The zero-order chi connectivity index (χ0) is 20.2. The number of aliphatic hydroxyl groups excluding tert-OH is 1. The highest BCUT2D eigenvalue weighted by atomic mass is 16.6. The zero-order valence-electron chi connectivity index (χ0n) is 16.5. The number of aliphatic hydroxyl groups is 1. The molecule has 8 heteroatoms. The van der Waals surface area contributed by atoms with E-state index in [0.29, 0.717) is 12.2 Å². The van der Waals surface area contributed by atoms with Crippen LogP contribution >= 0.6 is 0 Å². The van der Waals surface area contributed by atoms with Crippen molar-refractivity contribution in [3.63, 3.8) is 0 Å². The Morgan fingerprint density at radius 1 is 1.44 bits per heavy atom. The molecule has 1 aliphatic rings. The van der Waals surface area contributed by atoms with Crippen LogP contribution in [0.15, 0.2) is 18.5 Å². The third kappa shape index (κ3) is 6.32. The maximum absolute atomic E-state index is 12.6. The number of likely N-dealkylation sites (tertiary alicyclic amines) is 1. The Balaban J connectivity index is 1.91. The van der Waals surface area contributed by atoms with Crippen LogP contribution in [0.1, 0.15) is 45.5 Å². The molecule has 8 nitrogen and oxygen atoms in total. The van der Waals surface area contributed by atoms with Gasteiger partial charge in [-0.3, -0.25) is 4.79 Å². The van der Waals surface area contributed by atoms with E-state index in [1.807, 2.05) is 6.92 Å². The summed E-state index contributed by atoms with van der Waals surface area (Å²) in [6.45, 7) is 9.12. The van der Waals surface area contributed by atoms with Crippen LogP contribution in [0.25, 0.3) is 6.08 Å². The second-order valence-corrected chi connectivity index (χ2v) is 7.76. The summed E-state index contributed by atoms with van der Waals surface area (Å²) < 4.78 is 5.20. The fourth-order valence-electron chi connectivity index (χ4n) is 2.80. The van der Waals surface area contributed by atoms with E-state index in [9.17, 15) is 14.7 Å². The molecular formula is C19H28N4O4. The third-order valence-electron chi connectivity index (χ3n) is 4.08. The average molecular weight is 376 g/mol. The SMILES string of the molecule is Cc1ncc(C=CC(O)CN2C(=O)[C@@H](NC(=O)OC(C)(C)C)C[C@H]2C)cn1. The number of hydrogen-bond acceptors (Lipinski definition) is 6. The predicted molar refractivity (Wildman–Crippen MR) is 101 cm³/mol. The lowest BCUT2D eigenvalue weighted by Crippen LogP contribution is -2.45. The van der Waals surface area contributed by atoms with Crippen LogP contribution in [0.3, 0.4) is 0 Å². The molecule has 148 valence electrons. The molecule has 0 bridgehead atoms. The number of aromatic nitrogens is 2. The summed E-state index contributed by atoms with van der Waals surface area (Å²) in [4.78, 5) is 34.2. The van der Waals surface area contributed by atoms with E-state index in [1.54, 1.807) is 57.1 Å². The Morgan fingerprint density at radius 3 is 2.67 bits per heavy atom. The number of hydrogen-bond donors (Lipinski definition) is 2. The molecule has 1 aliphatic heterocycles. The fourth-order valence-corrected chi connectivity index (χ4v) is 2.80. The van der Waals surface area contributed by atoms with Crippen LogP contribution < -0.4 is 5.32 Å². The molecule has 2 heterocycles. The summed E-state index contributed by atoms with van der Waals surface area (Å²) >= 11 is 0. The Hall–Kier alpha value is -2.48. The first-order chi connectivity index (χ1) is 12.5. The molecule has 0 aliphatic carbocycles. The predicted octanol–water partition coefficient (Wildman–Crippen LogP) is 1.67. The van der Waals surface area contributed by atoms with Gasteiger partial charge in [-0.05, 0) is 41.0 Å². The van der Waals surface area contributed by atoms with E-state index in [1.165, 1.54) is 0 Å². The van der Waals surface area contributed by atoms with E-state index in [-0.39, 0.29) is 18.5 Å². The van der Waals surface area contributed by atoms with Crippen molar-refractivity contribution in [2.75, 3.05) is 6.54 Å². The summed E-state index contributed by atoms with van der Waals surface area (Å²) in [5, 5.41) is 12.9. The lowest BCUT2D eigenvalue weighted by molar-refractivity contribution is -0.131. The van der Waals surface area contributed by atoms with Crippen molar-refractivity contribution < 1.29 is 19.4 Å². The smallest absolute Gasteiger partial charge is 0.408 e. The van der Waals surface area contributed by atoms with Gasteiger partial charge in [-0.1, -0.05) is 12.2 Å². The molecule has 2 rings (SSSR count). The topological polar surface area (TPSA) is 105 Å². The molecule has 0 spiro atoms. The number of aryl methyl sites for hydroxylation is 1. The molecule has 0 saturated carbocycles. The van der Waals surface area contributed by atoms with Crippen LogP contribution in [0.5, 0.6) is 0 Å². The number of carbonyl (C=O) groups is 2. The second-order valence-electron chi connectivity index (χ2n) is 7.76. The molecule has 27 heavy (non-hydrogen) atoms. The largest absolute Gasteiger partial charge is 0.444 e. The Morgan fingerprint density at radius 2 is 2.07 bits per heavy atom. The standard InChI is InChI=1S/C19H28N4O4/c1-12-8-16(22-18(26)27-19(3,4)5)17(25)23(12)11-15(24)7-6-14-9-20-13(2)21-10-14/h6-7,9-10,12,15-16,24H,8,11H2,1-5H3,(H,22,26)/t12-,15?,16+/m1/s1. The number of rotatable bonds is 5. The minimum atomic E-state index is -0.835.